The molecule has 1 amide bonds. The largest absolute Gasteiger partial charge is 0.453 e. The molecule has 0 spiro atoms. The number of hydrogen-bond acceptors (Lipinski definition) is 5. The molecule has 1 aromatic heterocycles. The second-order valence-corrected chi connectivity index (χ2v) is 7.36. The van der Waals surface area contributed by atoms with Gasteiger partial charge in [-0.2, -0.15) is 5.10 Å². The van der Waals surface area contributed by atoms with E-state index in [1.54, 1.807) is 55.5 Å². The molecule has 1 N–H and O–H groups in total. The number of nitrogens with zero attached hydrogens (tertiary/aromatic N) is 1. The molecule has 30 heavy (non-hydrogen) atoms. The molecule has 2 aromatic carbocycles. The van der Waals surface area contributed by atoms with Crippen molar-refractivity contribution < 1.29 is 18.7 Å². The van der Waals surface area contributed by atoms with Gasteiger partial charge in [0.2, 0.25) is 5.76 Å². The van der Waals surface area contributed by atoms with Gasteiger partial charge in [0.15, 0.2) is 0 Å². The fourth-order valence-electron chi connectivity index (χ4n) is 3.43. The van der Waals surface area contributed by atoms with Crippen LogP contribution in [0.25, 0.3) is 0 Å². The van der Waals surface area contributed by atoms with E-state index in [2.05, 4.69) is 10.5 Å². The van der Waals surface area contributed by atoms with Crippen LogP contribution in [0, 0.1) is 6.92 Å². The van der Waals surface area contributed by atoms with Crippen LogP contribution < -0.4 is 10.2 Å². The lowest BCUT2D eigenvalue weighted by molar-refractivity contribution is 0.0698. The monoisotopic (exact) mass is 422 g/mol. The van der Waals surface area contributed by atoms with Gasteiger partial charge < -0.3 is 9.15 Å². The second-order valence-electron chi connectivity index (χ2n) is 6.92. The van der Waals surface area contributed by atoms with Gasteiger partial charge in [0, 0.05) is 28.1 Å². The minimum atomic E-state index is -0.560. The number of aryl methyl sites for hydroxylation is 1. The average Bonchev–Trinajstić information content (AvgIpc) is 3.10. The molecule has 0 saturated carbocycles. The molecule has 0 unspecified atom stereocenters. The number of rotatable bonds is 4. The van der Waals surface area contributed by atoms with Crippen LogP contribution in [0.1, 0.15) is 50.6 Å². The van der Waals surface area contributed by atoms with E-state index in [0.29, 0.717) is 46.2 Å². The van der Waals surface area contributed by atoms with E-state index in [0.717, 1.165) is 12.0 Å². The summed E-state index contributed by atoms with van der Waals surface area (Å²) in [5.41, 5.74) is 5.07. The van der Waals surface area contributed by atoms with E-state index in [9.17, 15) is 9.59 Å². The van der Waals surface area contributed by atoms with Crippen molar-refractivity contribution in [1.82, 2.24) is 5.43 Å². The standard InChI is InChI=1S/C23H19ClN2O4/c1-14-20-18(25-26-22(27)15-7-5-8-16(24)13-15)11-6-12-19(20)30-21(14)23(28)29-17-9-3-2-4-10-17/h2-5,7-10,13H,6,11-12H2,1H3,(H,26,27)/b25-18+. The molecule has 0 radical (unpaired) electrons. The summed E-state index contributed by atoms with van der Waals surface area (Å²) in [5, 5.41) is 4.78. The number of para-hydroxylation sites is 1. The number of nitrogens with one attached hydrogen (secondary N) is 1. The van der Waals surface area contributed by atoms with Crippen LogP contribution >= 0.6 is 11.6 Å². The van der Waals surface area contributed by atoms with Gasteiger partial charge >= 0.3 is 5.97 Å². The summed E-state index contributed by atoms with van der Waals surface area (Å²) in [4.78, 5) is 25.0. The first-order valence-corrected chi connectivity index (χ1v) is 9.93. The lowest BCUT2D eigenvalue weighted by Gasteiger charge is -2.13. The van der Waals surface area contributed by atoms with Gasteiger partial charge in [0.25, 0.3) is 5.91 Å². The van der Waals surface area contributed by atoms with E-state index in [1.165, 1.54) is 0 Å². The van der Waals surface area contributed by atoms with Crippen LogP contribution in [0.4, 0.5) is 0 Å². The zero-order valence-electron chi connectivity index (χ0n) is 16.3. The van der Waals surface area contributed by atoms with E-state index < -0.39 is 5.97 Å². The number of carbonyl (C=O) groups is 2. The predicted molar refractivity (Wildman–Crippen MR) is 113 cm³/mol. The Morgan fingerprint density at radius 1 is 1.10 bits per heavy atom. The van der Waals surface area contributed by atoms with E-state index in [4.69, 9.17) is 20.8 Å². The van der Waals surface area contributed by atoms with Crippen molar-refractivity contribution in [3.8, 4) is 5.75 Å². The van der Waals surface area contributed by atoms with Crippen molar-refractivity contribution in [3.63, 3.8) is 0 Å². The molecule has 0 atom stereocenters. The first-order chi connectivity index (χ1) is 14.5. The quantitative estimate of drug-likeness (QED) is 0.367. The molecule has 4 rings (SSSR count). The Morgan fingerprint density at radius 2 is 1.90 bits per heavy atom. The van der Waals surface area contributed by atoms with Crippen LogP contribution in [0.2, 0.25) is 5.02 Å². The number of carbonyl (C=O) groups excluding carboxylic acids is 2. The first-order valence-electron chi connectivity index (χ1n) is 9.55. The minimum Gasteiger partial charge on any atom is -0.453 e. The summed E-state index contributed by atoms with van der Waals surface area (Å²) in [5.74, 6) is 0.352. The number of benzene rings is 2. The predicted octanol–water partition coefficient (Wildman–Crippen LogP) is 4.93. The highest BCUT2D eigenvalue weighted by Gasteiger charge is 2.29. The van der Waals surface area contributed by atoms with Gasteiger partial charge in [-0.25, -0.2) is 10.2 Å². The molecule has 6 nitrogen and oxygen atoms in total. The van der Waals surface area contributed by atoms with Crippen LogP contribution in [0.15, 0.2) is 64.1 Å². The van der Waals surface area contributed by atoms with Crippen LogP contribution in [-0.2, 0) is 6.42 Å². The zero-order chi connectivity index (χ0) is 21.1. The Labute approximate surface area is 178 Å². The summed E-state index contributed by atoms with van der Waals surface area (Å²) in [7, 11) is 0. The van der Waals surface area contributed by atoms with Gasteiger partial charge in [0.05, 0.1) is 5.71 Å². The molecule has 1 heterocycles. The molecular formula is C23H19ClN2O4. The second kappa shape index (κ2) is 8.55. The molecule has 0 bridgehead atoms. The molecule has 0 saturated heterocycles. The summed E-state index contributed by atoms with van der Waals surface area (Å²) < 4.78 is 11.2. The normalized spacial score (nSPS) is 14.3. The minimum absolute atomic E-state index is 0.152. The fraction of sp³-hybridized carbons (Fsp3) is 0.174. The third kappa shape index (κ3) is 4.14. The van der Waals surface area contributed by atoms with Gasteiger partial charge in [0.1, 0.15) is 11.5 Å². The van der Waals surface area contributed by atoms with Crippen molar-refractivity contribution in [2.45, 2.75) is 26.2 Å². The Hall–Kier alpha value is -3.38. The van der Waals surface area contributed by atoms with E-state index in [-0.39, 0.29) is 11.7 Å². The number of fused-ring (bicyclic) bond motifs is 1. The Balaban J connectivity index is 1.57. The maximum Gasteiger partial charge on any atom is 0.379 e. The number of esters is 1. The molecule has 3 aromatic rings. The van der Waals surface area contributed by atoms with E-state index in [1.807, 2.05) is 6.07 Å². The highest BCUT2D eigenvalue weighted by atomic mass is 35.5. The summed E-state index contributed by atoms with van der Waals surface area (Å²) in [6, 6.07) is 15.5. The molecule has 1 aliphatic rings. The number of hydrazone groups is 1. The van der Waals surface area contributed by atoms with Gasteiger partial charge in [-0.1, -0.05) is 35.9 Å². The maximum atomic E-state index is 12.6. The Kier molecular flexibility index (Phi) is 5.68. The third-order valence-corrected chi connectivity index (χ3v) is 5.08. The van der Waals surface area contributed by atoms with E-state index >= 15 is 0 Å². The van der Waals surface area contributed by atoms with Crippen molar-refractivity contribution in [1.29, 1.82) is 0 Å². The summed E-state index contributed by atoms with van der Waals surface area (Å²) in [6.07, 6.45) is 2.16. The summed E-state index contributed by atoms with van der Waals surface area (Å²) in [6.45, 7) is 1.80. The van der Waals surface area contributed by atoms with Crippen molar-refractivity contribution in [2.24, 2.45) is 5.10 Å². The highest BCUT2D eigenvalue weighted by Crippen LogP contribution is 2.30. The molecule has 7 heteroatoms. The molecule has 152 valence electrons. The average molecular weight is 423 g/mol. The number of furan rings is 1. The zero-order valence-corrected chi connectivity index (χ0v) is 17.0. The van der Waals surface area contributed by atoms with Gasteiger partial charge in [-0.3, -0.25) is 4.79 Å². The first kappa shape index (κ1) is 19.9. The third-order valence-electron chi connectivity index (χ3n) is 4.84. The number of ether oxygens (including phenoxy) is 1. The van der Waals surface area contributed by atoms with Crippen LogP contribution in [0.3, 0.4) is 0 Å². The van der Waals surface area contributed by atoms with Crippen molar-refractivity contribution in [3.05, 3.63) is 87.8 Å². The van der Waals surface area contributed by atoms with Gasteiger partial charge in [-0.15, -0.1) is 0 Å². The Morgan fingerprint density at radius 3 is 2.67 bits per heavy atom. The summed E-state index contributed by atoms with van der Waals surface area (Å²) >= 11 is 5.94. The fourth-order valence-corrected chi connectivity index (χ4v) is 3.62. The van der Waals surface area contributed by atoms with Crippen LogP contribution in [0.5, 0.6) is 5.75 Å². The SMILES string of the molecule is Cc1c(C(=O)Oc2ccccc2)oc2c1/C(=N/NC(=O)c1cccc(Cl)c1)CCC2. The molecular weight excluding hydrogens is 404 g/mol. The van der Waals surface area contributed by atoms with Crippen molar-refractivity contribution >= 4 is 29.2 Å². The van der Waals surface area contributed by atoms with Crippen LogP contribution in [-0.4, -0.2) is 17.6 Å². The van der Waals surface area contributed by atoms with Crippen molar-refractivity contribution in [2.75, 3.05) is 0 Å². The molecule has 0 aliphatic heterocycles. The number of amides is 1. The Bertz CT molecular complexity index is 1140. The topological polar surface area (TPSA) is 80.9 Å². The molecule has 1 aliphatic carbocycles. The number of halogens is 1. The lowest BCUT2D eigenvalue weighted by Crippen LogP contribution is -2.22. The lowest BCUT2D eigenvalue weighted by atomic mass is 9.93. The molecule has 0 fully saturated rings. The highest BCUT2D eigenvalue weighted by molar-refractivity contribution is 6.31. The number of hydrogen-bond donors (Lipinski definition) is 1. The smallest absolute Gasteiger partial charge is 0.379 e. The van der Waals surface area contributed by atoms with Gasteiger partial charge in [-0.05, 0) is 50.1 Å². The maximum absolute atomic E-state index is 12.6.